The quantitative estimate of drug-likeness (QED) is 0.762. The second-order valence-electron chi connectivity index (χ2n) is 4.97. The SMILES string of the molecule is CCCCN(CC)C(=O)CNC(=O)c1ccc(OCC)cc1. The molecule has 122 valence electrons. The molecule has 0 atom stereocenters. The third-order valence-corrected chi connectivity index (χ3v) is 3.34. The summed E-state index contributed by atoms with van der Waals surface area (Å²) in [7, 11) is 0. The maximum absolute atomic E-state index is 12.0. The van der Waals surface area contributed by atoms with Gasteiger partial charge in [-0.3, -0.25) is 9.59 Å². The predicted molar refractivity (Wildman–Crippen MR) is 87.1 cm³/mol. The lowest BCUT2D eigenvalue weighted by Crippen LogP contribution is -2.40. The number of carbonyl (C=O) groups excluding carboxylic acids is 2. The van der Waals surface area contributed by atoms with Gasteiger partial charge in [0.25, 0.3) is 5.91 Å². The van der Waals surface area contributed by atoms with Gasteiger partial charge in [-0.1, -0.05) is 13.3 Å². The van der Waals surface area contributed by atoms with Crippen LogP contribution in [0.25, 0.3) is 0 Å². The van der Waals surface area contributed by atoms with Gasteiger partial charge in [-0.05, 0) is 44.5 Å². The van der Waals surface area contributed by atoms with Crippen LogP contribution in [-0.4, -0.2) is 43.0 Å². The van der Waals surface area contributed by atoms with Crippen molar-refractivity contribution in [3.63, 3.8) is 0 Å². The molecule has 0 aliphatic rings. The Labute approximate surface area is 132 Å². The Balaban J connectivity index is 2.48. The standard InChI is InChI=1S/C17H26N2O3/c1-4-7-12-19(5-2)16(20)13-18-17(21)14-8-10-15(11-9-14)22-6-3/h8-11H,4-7,12-13H2,1-3H3,(H,18,21). The first-order valence-corrected chi connectivity index (χ1v) is 7.91. The molecule has 0 aliphatic carbocycles. The van der Waals surface area contributed by atoms with Crippen molar-refractivity contribution in [3.05, 3.63) is 29.8 Å². The highest BCUT2D eigenvalue weighted by atomic mass is 16.5. The van der Waals surface area contributed by atoms with Crippen LogP contribution in [0.3, 0.4) is 0 Å². The van der Waals surface area contributed by atoms with E-state index in [2.05, 4.69) is 12.2 Å². The highest BCUT2D eigenvalue weighted by Crippen LogP contribution is 2.11. The first-order chi connectivity index (χ1) is 10.6. The molecule has 0 radical (unpaired) electrons. The molecule has 0 saturated carbocycles. The molecule has 0 aliphatic heterocycles. The Kier molecular flexibility index (Phi) is 8.04. The third-order valence-electron chi connectivity index (χ3n) is 3.34. The van der Waals surface area contributed by atoms with Crippen LogP contribution >= 0.6 is 0 Å². The van der Waals surface area contributed by atoms with Crippen LogP contribution in [0.15, 0.2) is 24.3 Å². The van der Waals surface area contributed by atoms with Crippen molar-refractivity contribution in [1.29, 1.82) is 0 Å². The molecule has 22 heavy (non-hydrogen) atoms. The average Bonchev–Trinajstić information content (AvgIpc) is 2.54. The van der Waals surface area contributed by atoms with Crippen LogP contribution in [0.4, 0.5) is 0 Å². The van der Waals surface area contributed by atoms with Crippen LogP contribution in [0, 0.1) is 0 Å². The van der Waals surface area contributed by atoms with Gasteiger partial charge in [0.15, 0.2) is 0 Å². The van der Waals surface area contributed by atoms with Crippen LogP contribution in [0.2, 0.25) is 0 Å². The van der Waals surface area contributed by atoms with Crippen molar-refractivity contribution < 1.29 is 14.3 Å². The summed E-state index contributed by atoms with van der Waals surface area (Å²) in [6.45, 7) is 7.97. The van der Waals surface area contributed by atoms with Gasteiger partial charge in [0, 0.05) is 18.7 Å². The number of ether oxygens (including phenoxy) is 1. The highest BCUT2D eigenvalue weighted by molar-refractivity contribution is 5.96. The van der Waals surface area contributed by atoms with Gasteiger partial charge >= 0.3 is 0 Å². The number of benzene rings is 1. The van der Waals surface area contributed by atoms with Crippen molar-refractivity contribution in [1.82, 2.24) is 10.2 Å². The van der Waals surface area contributed by atoms with Crippen molar-refractivity contribution in [3.8, 4) is 5.75 Å². The minimum absolute atomic E-state index is 0.0313. The van der Waals surface area contributed by atoms with Crippen LogP contribution in [0.1, 0.15) is 44.0 Å². The van der Waals surface area contributed by atoms with E-state index in [9.17, 15) is 9.59 Å². The topological polar surface area (TPSA) is 58.6 Å². The fraction of sp³-hybridized carbons (Fsp3) is 0.529. The van der Waals surface area contributed by atoms with E-state index in [4.69, 9.17) is 4.74 Å². The van der Waals surface area contributed by atoms with E-state index in [0.717, 1.165) is 25.1 Å². The number of rotatable bonds is 9. The second-order valence-corrected chi connectivity index (χ2v) is 4.97. The maximum atomic E-state index is 12.0. The number of likely N-dealkylation sites (N-methyl/N-ethyl adjacent to an activating group) is 1. The Morgan fingerprint density at radius 1 is 1.14 bits per heavy atom. The second kappa shape index (κ2) is 9.82. The van der Waals surface area contributed by atoms with E-state index in [0.29, 0.717) is 18.7 Å². The summed E-state index contributed by atoms with van der Waals surface area (Å²) in [5, 5.41) is 2.67. The molecule has 0 unspecified atom stereocenters. The van der Waals surface area contributed by atoms with Gasteiger partial charge in [-0.15, -0.1) is 0 Å². The van der Waals surface area contributed by atoms with Crippen LogP contribution in [0.5, 0.6) is 5.75 Å². The minimum Gasteiger partial charge on any atom is -0.494 e. The van der Waals surface area contributed by atoms with Gasteiger partial charge in [0.1, 0.15) is 5.75 Å². The molecule has 5 heteroatoms. The molecular formula is C17H26N2O3. The maximum Gasteiger partial charge on any atom is 0.251 e. The lowest BCUT2D eigenvalue weighted by Gasteiger charge is -2.20. The number of carbonyl (C=O) groups is 2. The van der Waals surface area contributed by atoms with E-state index in [-0.39, 0.29) is 18.4 Å². The molecular weight excluding hydrogens is 280 g/mol. The Bertz CT molecular complexity index is 471. The molecule has 1 N–H and O–H groups in total. The minimum atomic E-state index is -0.247. The van der Waals surface area contributed by atoms with Crippen LogP contribution < -0.4 is 10.1 Å². The van der Waals surface area contributed by atoms with Gasteiger partial charge in [0.05, 0.1) is 13.2 Å². The molecule has 0 spiro atoms. The van der Waals surface area contributed by atoms with E-state index < -0.39 is 0 Å². The molecule has 0 fully saturated rings. The molecule has 0 saturated heterocycles. The fourth-order valence-corrected chi connectivity index (χ4v) is 2.05. The monoisotopic (exact) mass is 306 g/mol. The van der Waals surface area contributed by atoms with E-state index in [1.807, 2.05) is 13.8 Å². The molecule has 1 aromatic carbocycles. The number of unbranched alkanes of at least 4 members (excludes halogenated alkanes) is 1. The van der Waals surface area contributed by atoms with Gasteiger partial charge in [-0.2, -0.15) is 0 Å². The lowest BCUT2D eigenvalue weighted by atomic mass is 10.2. The first-order valence-electron chi connectivity index (χ1n) is 7.91. The van der Waals surface area contributed by atoms with Gasteiger partial charge in [-0.25, -0.2) is 0 Å². The zero-order valence-electron chi connectivity index (χ0n) is 13.7. The summed E-state index contributed by atoms with van der Waals surface area (Å²) in [5.41, 5.74) is 0.521. The molecule has 0 heterocycles. The summed E-state index contributed by atoms with van der Waals surface area (Å²) in [6.07, 6.45) is 2.02. The molecule has 0 aromatic heterocycles. The van der Waals surface area contributed by atoms with Gasteiger partial charge in [0.2, 0.25) is 5.91 Å². The van der Waals surface area contributed by atoms with E-state index in [1.165, 1.54) is 0 Å². The smallest absolute Gasteiger partial charge is 0.251 e. The number of nitrogens with one attached hydrogen (secondary N) is 1. The van der Waals surface area contributed by atoms with Crippen molar-refractivity contribution >= 4 is 11.8 Å². The average molecular weight is 306 g/mol. The fourth-order valence-electron chi connectivity index (χ4n) is 2.05. The Hall–Kier alpha value is -2.04. The molecule has 2 amide bonds. The number of hydrogen-bond donors (Lipinski definition) is 1. The summed E-state index contributed by atoms with van der Waals surface area (Å²) in [6, 6.07) is 6.89. The number of hydrogen-bond acceptors (Lipinski definition) is 3. The highest BCUT2D eigenvalue weighted by Gasteiger charge is 2.13. The van der Waals surface area contributed by atoms with E-state index in [1.54, 1.807) is 29.2 Å². The lowest BCUT2D eigenvalue weighted by molar-refractivity contribution is -0.130. The first kappa shape index (κ1) is 18.0. The van der Waals surface area contributed by atoms with E-state index >= 15 is 0 Å². The summed E-state index contributed by atoms with van der Waals surface area (Å²) in [5.74, 6) is 0.435. The zero-order valence-corrected chi connectivity index (χ0v) is 13.7. The predicted octanol–water partition coefficient (Wildman–Crippen LogP) is 2.46. The Morgan fingerprint density at radius 3 is 2.36 bits per heavy atom. The molecule has 5 nitrogen and oxygen atoms in total. The van der Waals surface area contributed by atoms with Crippen molar-refractivity contribution in [2.75, 3.05) is 26.2 Å². The molecule has 0 bridgehead atoms. The van der Waals surface area contributed by atoms with Crippen LogP contribution in [-0.2, 0) is 4.79 Å². The summed E-state index contributed by atoms with van der Waals surface area (Å²) in [4.78, 5) is 25.8. The summed E-state index contributed by atoms with van der Waals surface area (Å²) >= 11 is 0. The normalized spacial score (nSPS) is 10.1. The van der Waals surface area contributed by atoms with Gasteiger partial charge < -0.3 is 15.0 Å². The molecule has 1 rings (SSSR count). The number of nitrogens with zero attached hydrogens (tertiary/aromatic N) is 1. The third kappa shape index (κ3) is 5.76. The molecule has 1 aromatic rings. The summed E-state index contributed by atoms with van der Waals surface area (Å²) < 4.78 is 5.33. The Morgan fingerprint density at radius 2 is 1.82 bits per heavy atom. The van der Waals surface area contributed by atoms with Crippen molar-refractivity contribution in [2.45, 2.75) is 33.6 Å². The number of amides is 2. The van der Waals surface area contributed by atoms with Crippen molar-refractivity contribution in [2.24, 2.45) is 0 Å². The largest absolute Gasteiger partial charge is 0.494 e. The zero-order chi connectivity index (χ0) is 16.4.